The molecule has 0 aromatic carbocycles. The molecule has 2 bridgehead atoms. The maximum Gasteiger partial charge on any atom is 0.318 e. The smallest absolute Gasteiger partial charge is 0.318 e. The second kappa shape index (κ2) is 2.22. The van der Waals surface area contributed by atoms with Gasteiger partial charge in [0.15, 0.2) is 0 Å². The number of esters is 2. The number of carbonyl (C=O) groups is 2. The van der Waals surface area contributed by atoms with E-state index in [1.165, 1.54) is 0 Å². The zero-order valence-electron chi connectivity index (χ0n) is 7.10. The molecule has 4 rings (SSSR count). The highest BCUT2D eigenvalue weighted by Gasteiger charge is 2.54. The lowest BCUT2D eigenvalue weighted by molar-refractivity contribution is -0.154. The van der Waals surface area contributed by atoms with Gasteiger partial charge in [-0.15, -0.1) is 0 Å². The van der Waals surface area contributed by atoms with Gasteiger partial charge in [0.05, 0.1) is 11.8 Å². The number of ether oxygens (including phenoxy) is 1. The SMILES string of the molecule is O=C1OC(=O)[C@H]2C3C=CC(CC3)[C@@H]12. The Morgan fingerprint density at radius 3 is 1.85 bits per heavy atom. The van der Waals surface area contributed by atoms with Crippen LogP contribution in [0, 0.1) is 23.7 Å². The second-order valence-corrected chi connectivity index (χ2v) is 4.08. The lowest BCUT2D eigenvalue weighted by Gasteiger charge is -2.37. The van der Waals surface area contributed by atoms with Crippen LogP contribution in [0.1, 0.15) is 12.8 Å². The number of cyclic esters (lactones) is 2. The molecule has 0 amide bonds. The normalized spacial score (nSPS) is 46.5. The van der Waals surface area contributed by atoms with E-state index in [-0.39, 0.29) is 35.6 Å². The van der Waals surface area contributed by atoms with Gasteiger partial charge in [-0.25, -0.2) is 0 Å². The standard InChI is InChI=1S/C10H10O3/c11-9-7-5-1-2-6(4-3-5)8(7)10(12)13-9/h1-2,5-8H,3-4H2/t5?,6?,7-,8+. The molecule has 68 valence electrons. The minimum absolute atomic E-state index is 0.156. The zero-order valence-corrected chi connectivity index (χ0v) is 7.10. The van der Waals surface area contributed by atoms with Crippen LogP contribution in [-0.2, 0) is 14.3 Å². The third kappa shape index (κ3) is 0.794. The molecule has 1 heterocycles. The zero-order chi connectivity index (χ0) is 9.00. The van der Waals surface area contributed by atoms with Crippen molar-refractivity contribution in [2.45, 2.75) is 12.8 Å². The van der Waals surface area contributed by atoms with Crippen molar-refractivity contribution in [1.29, 1.82) is 0 Å². The number of allylic oxidation sites excluding steroid dienone is 2. The Bertz CT molecular complexity index is 288. The monoisotopic (exact) mass is 178 g/mol. The molecule has 1 saturated heterocycles. The highest BCUT2D eigenvalue weighted by atomic mass is 16.6. The third-order valence-electron chi connectivity index (χ3n) is 3.49. The summed E-state index contributed by atoms with van der Waals surface area (Å²) in [6.45, 7) is 0. The minimum atomic E-state index is -0.297. The van der Waals surface area contributed by atoms with E-state index in [9.17, 15) is 9.59 Å². The van der Waals surface area contributed by atoms with Gasteiger partial charge in [0.1, 0.15) is 0 Å². The van der Waals surface area contributed by atoms with Crippen molar-refractivity contribution >= 4 is 11.9 Å². The first-order valence-corrected chi connectivity index (χ1v) is 4.71. The second-order valence-electron chi connectivity index (χ2n) is 4.08. The Hall–Kier alpha value is -1.12. The Kier molecular flexibility index (Phi) is 1.25. The first-order chi connectivity index (χ1) is 6.27. The maximum atomic E-state index is 11.3. The first kappa shape index (κ1) is 7.30. The lowest BCUT2D eigenvalue weighted by Crippen LogP contribution is -2.38. The van der Waals surface area contributed by atoms with Crippen LogP contribution in [0.3, 0.4) is 0 Å². The fraction of sp³-hybridized carbons (Fsp3) is 0.600. The molecule has 4 atom stereocenters. The Balaban J connectivity index is 2.07. The van der Waals surface area contributed by atoms with Gasteiger partial charge in [0.2, 0.25) is 0 Å². The van der Waals surface area contributed by atoms with Gasteiger partial charge in [-0.2, -0.15) is 0 Å². The quantitative estimate of drug-likeness (QED) is 0.314. The molecule has 4 aliphatic rings. The van der Waals surface area contributed by atoms with E-state index in [0.29, 0.717) is 0 Å². The fourth-order valence-electron chi connectivity index (χ4n) is 2.87. The number of hydrogen-bond donors (Lipinski definition) is 0. The van der Waals surface area contributed by atoms with Crippen LogP contribution in [0.5, 0.6) is 0 Å². The largest absolute Gasteiger partial charge is 0.393 e. The van der Waals surface area contributed by atoms with Gasteiger partial charge in [-0.1, -0.05) is 12.2 Å². The molecule has 3 heteroatoms. The first-order valence-electron chi connectivity index (χ1n) is 4.71. The van der Waals surface area contributed by atoms with Crippen molar-refractivity contribution in [3.05, 3.63) is 12.2 Å². The van der Waals surface area contributed by atoms with Crippen LogP contribution in [0.15, 0.2) is 12.2 Å². The lowest BCUT2D eigenvalue weighted by atomic mass is 9.63. The summed E-state index contributed by atoms with van der Waals surface area (Å²) in [5.74, 6) is -0.390. The molecule has 1 saturated carbocycles. The van der Waals surface area contributed by atoms with Crippen LogP contribution in [0.25, 0.3) is 0 Å². The van der Waals surface area contributed by atoms with E-state index in [1.54, 1.807) is 0 Å². The molecule has 0 radical (unpaired) electrons. The van der Waals surface area contributed by atoms with E-state index >= 15 is 0 Å². The summed E-state index contributed by atoms with van der Waals surface area (Å²) in [5.41, 5.74) is 0. The Morgan fingerprint density at radius 1 is 1.00 bits per heavy atom. The van der Waals surface area contributed by atoms with Crippen molar-refractivity contribution in [1.82, 2.24) is 0 Å². The summed E-state index contributed by atoms with van der Waals surface area (Å²) in [7, 11) is 0. The van der Waals surface area contributed by atoms with Crippen molar-refractivity contribution in [3.8, 4) is 0 Å². The molecular weight excluding hydrogens is 168 g/mol. The van der Waals surface area contributed by atoms with Gasteiger partial charge in [-0.3, -0.25) is 9.59 Å². The summed E-state index contributed by atoms with van der Waals surface area (Å²) in [6.07, 6.45) is 6.22. The predicted octanol–water partition coefficient (Wildman–Crippen LogP) is 0.898. The average molecular weight is 178 g/mol. The van der Waals surface area contributed by atoms with Crippen molar-refractivity contribution < 1.29 is 14.3 Å². The van der Waals surface area contributed by atoms with E-state index in [4.69, 9.17) is 0 Å². The molecule has 1 aliphatic heterocycles. The van der Waals surface area contributed by atoms with Crippen LogP contribution in [-0.4, -0.2) is 11.9 Å². The Labute approximate surface area is 75.8 Å². The maximum absolute atomic E-state index is 11.3. The summed E-state index contributed by atoms with van der Waals surface area (Å²) in [5, 5.41) is 0. The average Bonchev–Trinajstić information content (AvgIpc) is 2.47. The predicted molar refractivity (Wildman–Crippen MR) is 43.4 cm³/mol. The Morgan fingerprint density at radius 2 is 1.46 bits per heavy atom. The highest BCUT2D eigenvalue weighted by molar-refractivity contribution is 5.97. The minimum Gasteiger partial charge on any atom is -0.393 e. The van der Waals surface area contributed by atoms with Gasteiger partial charge < -0.3 is 4.74 Å². The van der Waals surface area contributed by atoms with E-state index < -0.39 is 0 Å². The molecule has 3 nitrogen and oxygen atoms in total. The summed E-state index contributed by atoms with van der Waals surface area (Å²) in [4.78, 5) is 22.7. The van der Waals surface area contributed by atoms with Gasteiger partial charge in [0.25, 0.3) is 0 Å². The third-order valence-corrected chi connectivity index (χ3v) is 3.49. The summed E-state index contributed by atoms with van der Waals surface area (Å²) in [6, 6.07) is 0. The number of carbonyl (C=O) groups excluding carboxylic acids is 2. The molecule has 0 N–H and O–H groups in total. The van der Waals surface area contributed by atoms with Crippen LogP contribution in [0.4, 0.5) is 0 Å². The molecule has 0 aromatic heterocycles. The molecule has 2 unspecified atom stereocenters. The number of rotatable bonds is 0. The topological polar surface area (TPSA) is 43.4 Å². The van der Waals surface area contributed by atoms with Crippen molar-refractivity contribution in [3.63, 3.8) is 0 Å². The van der Waals surface area contributed by atoms with Crippen molar-refractivity contribution in [2.75, 3.05) is 0 Å². The highest BCUT2D eigenvalue weighted by Crippen LogP contribution is 2.48. The van der Waals surface area contributed by atoms with E-state index in [2.05, 4.69) is 16.9 Å². The number of fused-ring (bicyclic) bond motifs is 1. The van der Waals surface area contributed by atoms with Crippen LogP contribution < -0.4 is 0 Å². The molecule has 0 aromatic rings. The number of hydrogen-bond acceptors (Lipinski definition) is 3. The molecule has 13 heavy (non-hydrogen) atoms. The molecule has 0 spiro atoms. The van der Waals surface area contributed by atoms with Gasteiger partial charge >= 0.3 is 11.9 Å². The van der Waals surface area contributed by atoms with Crippen LogP contribution in [0.2, 0.25) is 0 Å². The van der Waals surface area contributed by atoms with Crippen molar-refractivity contribution in [2.24, 2.45) is 23.7 Å². The van der Waals surface area contributed by atoms with Gasteiger partial charge in [-0.05, 0) is 24.7 Å². The summed E-state index contributed by atoms with van der Waals surface area (Å²) >= 11 is 0. The fourth-order valence-corrected chi connectivity index (χ4v) is 2.87. The summed E-state index contributed by atoms with van der Waals surface area (Å²) < 4.78 is 4.67. The molecular formula is C10H10O3. The van der Waals surface area contributed by atoms with E-state index in [0.717, 1.165) is 12.8 Å². The van der Waals surface area contributed by atoms with E-state index in [1.807, 2.05) is 0 Å². The molecule has 2 fully saturated rings. The van der Waals surface area contributed by atoms with Crippen LogP contribution >= 0.6 is 0 Å². The molecule has 3 aliphatic carbocycles. The van der Waals surface area contributed by atoms with Gasteiger partial charge in [0, 0.05) is 0 Å².